The lowest BCUT2D eigenvalue weighted by Gasteiger charge is -2.07. The average molecular weight is 242 g/mol. The summed E-state index contributed by atoms with van der Waals surface area (Å²) >= 11 is 11.6. The number of aryl methyl sites for hydroxylation is 2. The van der Waals surface area contributed by atoms with E-state index in [9.17, 15) is 0 Å². The van der Waals surface area contributed by atoms with Crippen LogP contribution in [0.2, 0.25) is 10.3 Å². The molecule has 0 N–H and O–H groups in total. The van der Waals surface area contributed by atoms with E-state index in [1.54, 1.807) is 0 Å². The highest BCUT2D eigenvalue weighted by Crippen LogP contribution is 2.17. The Balaban J connectivity index is 2.63. The van der Waals surface area contributed by atoms with Crippen molar-refractivity contribution in [3.63, 3.8) is 0 Å². The first-order valence-electron chi connectivity index (χ1n) is 4.43. The first-order valence-corrected chi connectivity index (χ1v) is 5.19. The maximum atomic E-state index is 5.82. The molecule has 2 aromatic rings. The van der Waals surface area contributed by atoms with Gasteiger partial charge in [0.1, 0.15) is 10.3 Å². The zero-order chi connectivity index (χ0) is 11.0. The van der Waals surface area contributed by atoms with Crippen LogP contribution in [0.15, 0.2) is 18.2 Å². The molecule has 0 unspecified atom stereocenters. The second kappa shape index (κ2) is 3.83. The van der Waals surface area contributed by atoms with E-state index >= 15 is 0 Å². The van der Waals surface area contributed by atoms with Gasteiger partial charge < -0.3 is 0 Å². The van der Waals surface area contributed by atoms with Gasteiger partial charge in [-0.2, -0.15) is 0 Å². The van der Waals surface area contributed by atoms with E-state index in [1.165, 1.54) is 6.07 Å². The number of aromatic nitrogens is 3. The van der Waals surface area contributed by atoms with Crippen molar-refractivity contribution in [1.82, 2.24) is 14.5 Å². The summed E-state index contributed by atoms with van der Waals surface area (Å²) < 4.78 is 1.90. The van der Waals surface area contributed by atoms with Gasteiger partial charge in [-0.25, -0.2) is 9.97 Å². The van der Waals surface area contributed by atoms with Crippen LogP contribution in [-0.2, 0) is 0 Å². The molecule has 2 aromatic heterocycles. The van der Waals surface area contributed by atoms with Crippen LogP contribution in [0.5, 0.6) is 0 Å². The zero-order valence-electron chi connectivity index (χ0n) is 8.33. The largest absolute Gasteiger partial charge is 0.287 e. The molecule has 0 spiro atoms. The van der Waals surface area contributed by atoms with E-state index in [1.807, 2.05) is 30.5 Å². The minimum Gasteiger partial charge on any atom is -0.287 e. The van der Waals surface area contributed by atoms with Crippen molar-refractivity contribution in [2.75, 3.05) is 0 Å². The molecule has 0 aliphatic heterocycles. The van der Waals surface area contributed by atoms with Crippen LogP contribution < -0.4 is 0 Å². The molecular weight excluding hydrogens is 233 g/mol. The first-order chi connectivity index (χ1) is 7.08. The Morgan fingerprint density at radius 1 is 1.00 bits per heavy atom. The second-order valence-corrected chi connectivity index (χ2v) is 4.04. The number of hydrogen-bond donors (Lipinski definition) is 0. The standard InChI is InChI=1S/C10H9Cl2N3/c1-6-3-4-7(2)15(6)10-13-8(11)5-9(12)14-10/h3-5H,1-2H3. The van der Waals surface area contributed by atoms with Crippen molar-refractivity contribution in [1.29, 1.82) is 0 Å². The SMILES string of the molecule is Cc1ccc(C)n1-c1nc(Cl)cc(Cl)n1. The molecule has 0 aliphatic rings. The Kier molecular flexibility index (Phi) is 2.67. The van der Waals surface area contributed by atoms with Gasteiger partial charge in [-0.3, -0.25) is 4.57 Å². The smallest absolute Gasteiger partial charge is 0.236 e. The van der Waals surface area contributed by atoms with Gasteiger partial charge in [0.25, 0.3) is 0 Å². The van der Waals surface area contributed by atoms with E-state index in [2.05, 4.69) is 9.97 Å². The van der Waals surface area contributed by atoms with Crippen LogP contribution in [0.4, 0.5) is 0 Å². The van der Waals surface area contributed by atoms with Crippen LogP contribution in [0.3, 0.4) is 0 Å². The second-order valence-electron chi connectivity index (χ2n) is 3.26. The van der Waals surface area contributed by atoms with Crippen molar-refractivity contribution in [2.24, 2.45) is 0 Å². The molecule has 0 atom stereocenters. The van der Waals surface area contributed by atoms with Crippen molar-refractivity contribution in [2.45, 2.75) is 13.8 Å². The molecule has 2 rings (SSSR count). The van der Waals surface area contributed by atoms with Crippen LogP contribution in [0.1, 0.15) is 11.4 Å². The van der Waals surface area contributed by atoms with E-state index in [-0.39, 0.29) is 0 Å². The topological polar surface area (TPSA) is 30.7 Å². The van der Waals surface area contributed by atoms with Gasteiger partial charge >= 0.3 is 0 Å². The lowest BCUT2D eigenvalue weighted by atomic mass is 10.5. The Morgan fingerprint density at radius 3 is 1.93 bits per heavy atom. The molecule has 0 fully saturated rings. The fourth-order valence-corrected chi connectivity index (χ4v) is 1.88. The van der Waals surface area contributed by atoms with E-state index < -0.39 is 0 Å². The summed E-state index contributed by atoms with van der Waals surface area (Å²) in [6.07, 6.45) is 0. The molecule has 0 bridgehead atoms. The molecule has 5 heteroatoms. The maximum absolute atomic E-state index is 5.82. The Bertz CT molecular complexity index is 466. The molecule has 0 aliphatic carbocycles. The highest BCUT2D eigenvalue weighted by molar-refractivity contribution is 6.33. The molecule has 0 amide bonds. The number of halogens is 2. The van der Waals surface area contributed by atoms with E-state index in [4.69, 9.17) is 23.2 Å². The molecule has 0 saturated carbocycles. The molecule has 0 aromatic carbocycles. The molecule has 0 radical (unpaired) electrons. The van der Waals surface area contributed by atoms with Gasteiger partial charge in [-0.1, -0.05) is 23.2 Å². The fraction of sp³-hybridized carbons (Fsp3) is 0.200. The summed E-state index contributed by atoms with van der Waals surface area (Å²) in [5.41, 5.74) is 2.09. The minimum atomic E-state index is 0.345. The predicted octanol–water partition coefficient (Wildman–Crippen LogP) is 3.19. The lowest BCUT2D eigenvalue weighted by Crippen LogP contribution is -2.04. The monoisotopic (exact) mass is 241 g/mol. The number of nitrogens with zero attached hydrogens (tertiary/aromatic N) is 3. The average Bonchev–Trinajstić information content (AvgIpc) is 2.44. The summed E-state index contributed by atoms with van der Waals surface area (Å²) in [5.74, 6) is 0.507. The van der Waals surface area contributed by atoms with Gasteiger partial charge in [0.05, 0.1) is 0 Å². The van der Waals surface area contributed by atoms with Gasteiger partial charge in [0.15, 0.2) is 0 Å². The third kappa shape index (κ3) is 1.98. The van der Waals surface area contributed by atoms with Crippen LogP contribution in [0.25, 0.3) is 5.95 Å². The van der Waals surface area contributed by atoms with Crippen LogP contribution in [0, 0.1) is 13.8 Å². The van der Waals surface area contributed by atoms with Gasteiger partial charge in [-0.05, 0) is 26.0 Å². The Hall–Kier alpha value is -1.06. The summed E-state index contributed by atoms with van der Waals surface area (Å²) in [4.78, 5) is 8.26. The molecule has 2 heterocycles. The Morgan fingerprint density at radius 2 is 1.47 bits per heavy atom. The van der Waals surface area contributed by atoms with Crippen LogP contribution >= 0.6 is 23.2 Å². The summed E-state index contributed by atoms with van der Waals surface area (Å²) in [7, 11) is 0. The third-order valence-corrected chi connectivity index (χ3v) is 2.51. The summed E-state index contributed by atoms with van der Waals surface area (Å²) in [6.45, 7) is 3.95. The fourth-order valence-electron chi connectivity index (χ4n) is 1.46. The normalized spacial score (nSPS) is 10.7. The molecule has 15 heavy (non-hydrogen) atoms. The third-order valence-electron chi connectivity index (χ3n) is 2.12. The summed E-state index contributed by atoms with van der Waals surface area (Å²) in [5, 5.41) is 0.690. The molecule has 78 valence electrons. The quantitative estimate of drug-likeness (QED) is 0.719. The van der Waals surface area contributed by atoms with Crippen LogP contribution in [-0.4, -0.2) is 14.5 Å². The molecular formula is C10H9Cl2N3. The van der Waals surface area contributed by atoms with Crippen molar-refractivity contribution < 1.29 is 0 Å². The Labute approximate surface area is 97.7 Å². The lowest BCUT2D eigenvalue weighted by molar-refractivity contribution is 0.873. The summed E-state index contributed by atoms with van der Waals surface area (Å²) in [6, 6.07) is 5.50. The van der Waals surface area contributed by atoms with E-state index in [0.29, 0.717) is 16.3 Å². The number of hydrogen-bond acceptors (Lipinski definition) is 2. The zero-order valence-corrected chi connectivity index (χ0v) is 9.84. The van der Waals surface area contributed by atoms with Crippen molar-refractivity contribution >= 4 is 23.2 Å². The predicted molar refractivity (Wildman–Crippen MR) is 60.9 cm³/mol. The highest BCUT2D eigenvalue weighted by Gasteiger charge is 2.08. The first kappa shape index (κ1) is 10.5. The minimum absolute atomic E-state index is 0.345. The van der Waals surface area contributed by atoms with Gasteiger partial charge in [0.2, 0.25) is 5.95 Å². The van der Waals surface area contributed by atoms with Crippen molar-refractivity contribution in [3.05, 3.63) is 39.9 Å². The molecule has 3 nitrogen and oxygen atoms in total. The van der Waals surface area contributed by atoms with Crippen molar-refractivity contribution in [3.8, 4) is 5.95 Å². The van der Waals surface area contributed by atoms with Gasteiger partial charge in [-0.15, -0.1) is 0 Å². The van der Waals surface area contributed by atoms with Gasteiger partial charge in [0, 0.05) is 17.5 Å². The van der Waals surface area contributed by atoms with E-state index in [0.717, 1.165) is 11.4 Å². The maximum Gasteiger partial charge on any atom is 0.236 e. The highest BCUT2D eigenvalue weighted by atomic mass is 35.5. The number of rotatable bonds is 1. The molecule has 0 saturated heterocycles.